The first-order valence-corrected chi connectivity index (χ1v) is 10.8. The third-order valence-electron chi connectivity index (χ3n) is 5.34. The molecule has 3 aromatic rings. The molecular weight excluding hydrogens is 424 g/mol. The Morgan fingerprint density at radius 3 is 2.48 bits per heavy atom. The summed E-state index contributed by atoms with van der Waals surface area (Å²) in [5.74, 6) is -1.15. The van der Waals surface area contributed by atoms with E-state index in [4.69, 9.17) is 5.21 Å². The second-order valence-corrected chi connectivity index (χ2v) is 7.79. The van der Waals surface area contributed by atoms with Crippen molar-refractivity contribution in [2.75, 3.05) is 0 Å². The van der Waals surface area contributed by atoms with Gasteiger partial charge in [0.15, 0.2) is 0 Å². The van der Waals surface area contributed by atoms with Gasteiger partial charge in [-0.2, -0.15) is 0 Å². The van der Waals surface area contributed by atoms with Crippen molar-refractivity contribution in [3.05, 3.63) is 65.9 Å². The normalized spacial score (nSPS) is 11.7. The number of hydrogen-bond donors (Lipinski definition) is 6. The van der Waals surface area contributed by atoms with Crippen LogP contribution in [0.15, 0.2) is 54.6 Å². The summed E-state index contributed by atoms with van der Waals surface area (Å²) in [6, 6.07) is 15.2. The Labute approximate surface area is 191 Å². The van der Waals surface area contributed by atoms with Gasteiger partial charge in [-0.3, -0.25) is 19.6 Å². The molecule has 0 radical (unpaired) electrons. The van der Waals surface area contributed by atoms with Crippen LogP contribution in [0.25, 0.3) is 10.9 Å². The molecule has 3 amide bonds. The molecule has 9 nitrogen and oxygen atoms in total. The van der Waals surface area contributed by atoms with E-state index in [0.717, 1.165) is 5.56 Å². The lowest BCUT2D eigenvalue weighted by molar-refractivity contribution is -0.129. The van der Waals surface area contributed by atoms with E-state index in [-0.39, 0.29) is 23.8 Å². The molecule has 0 spiro atoms. The van der Waals surface area contributed by atoms with E-state index in [1.54, 1.807) is 23.7 Å². The lowest BCUT2D eigenvalue weighted by Gasteiger charge is -2.18. The Balaban J connectivity index is 1.63. The number of benzene rings is 2. The molecule has 3 rings (SSSR count). The van der Waals surface area contributed by atoms with E-state index >= 15 is 0 Å². The molecule has 0 bridgehead atoms. The first-order valence-electron chi connectivity index (χ1n) is 10.8. The number of amides is 3. The number of aromatic hydroxyl groups is 1. The molecule has 0 unspecified atom stereocenters. The van der Waals surface area contributed by atoms with Gasteiger partial charge in [0.25, 0.3) is 5.91 Å². The monoisotopic (exact) mass is 452 g/mol. The summed E-state index contributed by atoms with van der Waals surface area (Å²) in [6.45, 7) is 0.336. The predicted molar refractivity (Wildman–Crippen MR) is 123 cm³/mol. The largest absolute Gasteiger partial charge is 0.507 e. The zero-order valence-electron chi connectivity index (χ0n) is 18.1. The second-order valence-electron chi connectivity index (χ2n) is 7.79. The van der Waals surface area contributed by atoms with Crippen molar-refractivity contribution < 1.29 is 24.7 Å². The van der Waals surface area contributed by atoms with Crippen LogP contribution in [0.5, 0.6) is 5.75 Å². The fraction of sp³-hybridized carbons (Fsp3) is 0.292. The Hall–Kier alpha value is -3.85. The highest BCUT2D eigenvalue weighted by molar-refractivity contribution is 6.01. The highest BCUT2D eigenvalue weighted by Crippen LogP contribution is 2.25. The van der Waals surface area contributed by atoms with Crippen molar-refractivity contribution in [2.24, 2.45) is 0 Å². The van der Waals surface area contributed by atoms with E-state index in [1.807, 2.05) is 30.3 Å². The third-order valence-corrected chi connectivity index (χ3v) is 5.34. The number of fused-ring (bicyclic) bond motifs is 1. The van der Waals surface area contributed by atoms with Crippen molar-refractivity contribution in [2.45, 2.75) is 44.7 Å². The van der Waals surface area contributed by atoms with Gasteiger partial charge in [0, 0.05) is 23.9 Å². The average molecular weight is 453 g/mol. The minimum atomic E-state index is -0.770. The van der Waals surface area contributed by atoms with Crippen molar-refractivity contribution in [3.63, 3.8) is 0 Å². The number of phenolic OH excluding ortho intramolecular Hbond substituents is 1. The maximum absolute atomic E-state index is 12.9. The molecule has 9 heteroatoms. The molecule has 0 fully saturated rings. The van der Waals surface area contributed by atoms with E-state index < -0.39 is 17.9 Å². The molecule has 1 aromatic heterocycles. The lowest BCUT2D eigenvalue weighted by atomic mass is 10.1. The number of nitrogens with one attached hydrogen (secondary N) is 4. The van der Waals surface area contributed by atoms with Crippen LogP contribution < -0.4 is 16.1 Å². The first-order chi connectivity index (χ1) is 16.0. The zero-order chi connectivity index (χ0) is 23.6. The van der Waals surface area contributed by atoms with Crippen LogP contribution >= 0.6 is 0 Å². The molecule has 33 heavy (non-hydrogen) atoms. The summed E-state index contributed by atoms with van der Waals surface area (Å²) in [7, 11) is 0. The van der Waals surface area contributed by atoms with Gasteiger partial charge in [-0.1, -0.05) is 49.2 Å². The molecule has 174 valence electrons. The molecule has 0 aliphatic heterocycles. The summed E-state index contributed by atoms with van der Waals surface area (Å²) in [6.07, 6.45) is 2.40. The van der Waals surface area contributed by atoms with Gasteiger partial charge in [0.1, 0.15) is 17.5 Å². The third kappa shape index (κ3) is 6.81. The maximum atomic E-state index is 12.9. The number of unbranched alkanes of at least 4 members (excludes halogenated alkanes) is 2. The predicted octanol–water partition coefficient (Wildman–Crippen LogP) is 2.74. The van der Waals surface area contributed by atoms with Gasteiger partial charge in [-0.05, 0) is 36.6 Å². The number of rotatable bonds is 11. The van der Waals surface area contributed by atoms with Gasteiger partial charge in [-0.15, -0.1) is 0 Å². The van der Waals surface area contributed by atoms with Gasteiger partial charge in [0.05, 0.1) is 0 Å². The number of aromatic amines is 1. The number of carbonyl (C=O) groups excluding carboxylic acids is 3. The summed E-state index contributed by atoms with van der Waals surface area (Å²) in [5, 5.41) is 24.7. The van der Waals surface area contributed by atoms with Crippen LogP contribution in [0, 0.1) is 0 Å². The Morgan fingerprint density at radius 1 is 0.970 bits per heavy atom. The average Bonchev–Trinajstić information content (AvgIpc) is 3.28. The summed E-state index contributed by atoms with van der Waals surface area (Å²) in [5.41, 5.74) is 3.40. The summed E-state index contributed by atoms with van der Waals surface area (Å²) >= 11 is 0. The molecule has 0 saturated carbocycles. The van der Waals surface area contributed by atoms with Gasteiger partial charge in [-0.25, -0.2) is 5.48 Å². The minimum Gasteiger partial charge on any atom is -0.507 e. The molecule has 6 N–H and O–H groups in total. The molecular formula is C24H28N4O5. The highest BCUT2D eigenvalue weighted by atomic mass is 16.5. The molecule has 0 aliphatic rings. The Bertz CT molecular complexity index is 1100. The van der Waals surface area contributed by atoms with Crippen LogP contribution in [0.4, 0.5) is 0 Å². The lowest BCUT2D eigenvalue weighted by Crippen LogP contribution is -2.46. The zero-order valence-corrected chi connectivity index (χ0v) is 18.1. The Kier molecular flexibility index (Phi) is 8.43. The number of hydrogen-bond acceptors (Lipinski definition) is 5. The molecule has 0 aliphatic carbocycles. The quantitative estimate of drug-likeness (QED) is 0.151. The van der Waals surface area contributed by atoms with Crippen molar-refractivity contribution in [1.29, 1.82) is 0 Å². The standard InChI is InChI=1S/C24H28N4O5/c29-21-12-7-11-18-17(21)14-20(26-18)24(32)27-19(10-5-2-6-13-22(30)28-33)23(31)25-15-16-8-3-1-4-9-16/h1,3-4,7-9,11-12,14,19,26,29,33H,2,5-6,10,13,15H2,(H,25,31)(H,27,32)(H,28,30)/t19-/m0/s1. The molecule has 1 atom stereocenters. The number of hydroxylamine groups is 1. The number of aromatic nitrogens is 1. The van der Waals surface area contributed by atoms with Crippen LogP contribution in [-0.2, 0) is 16.1 Å². The van der Waals surface area contributed by atoms with Gasteiger partial charge >= 0.3 is 0 Å². The molecule has 0 saturated heterocycles. The van der Waals surface area contributed by atoms with E-state index in [2.05, 4.69) is 15.6 Å². The molecule has 2 aromatic carbocycles. The summed E-state index contributed by atoms with van der Waals surface area (Å²) in [4.78, 5) is 39.8. The fourth-order valence-electron chi connectivity index (χ4n) is 3.54. The number of H-pyrrole nitrogens is 1. The van der Waals surface area contributed by atoms with Gasteiger partial charge in [0.2, 0.25) is 11.8 Å². The second kappa shape index (κ2) is 11.7. The minimum absolute atomic E-state index is 0.0619. The first kappa shape index (κ1) is 23.8. The highest BCUT2D eigenvalue weighted by Gasteiger charge is 2.22. The van der Waals surface area contributed by atoms with E-state index in [1.165, 1.54) is 6.07 Å². The maximum Gasteiger partial charge on any atom is 0.268 e. The number of phenols is 1. The number of carbonyl (C=O) groups is 3. The Morgan fingerprint density at radius 2 is 1.76 bits per heavy atom. The summed E-state index contributed by atoms with van der Waals surface area (Å²) < 4.78 is 0. The fourth-order valence-corrected chi connectivity index (χ4v) is 3.54. The van der Waals surface area contributed by atoms with E-state index in [9.17, 15) is 19.5 Å². The smallest absolute Gasteiger partial charge is 0.268 e. The van der Waals surface area contributed by atoms with Crippen LogP contribution in [0.1, 0.15) is 48.2 Å². The van der Waals surface area contributed by atoms with Crippen molar-refractivity contribution in [1.82, 2.24) is 21.1 Å². The van der Waals surface area contributed by atoms with Crippen molar-refractivity contribution >= 4 is 28.6 Å². The molecule has 1 heterocycles. The van der Waals surface area contributed by atoms with E-state index in [0.29, 0.717) is 43.1 Å². The van der Waals surface area contributed by atoms with Crippen molar-refractivity contribution in [3.8, 4) is 5.75 Å². The van der Waals surface area contributed by atoms with Gasteiger partial charge < -0.3 is 20.7 Å². The van der Waals surface area contributed by atoms with Crippen LogP contribution in [0.3, 0.4) is 0 Å². The topological polar surface area (TPSA) is 144 Å². The SMILES string of the molecule is O=C(CCCCC[C@H](NC(=O)c1cc2c(O)cccc2[nH]1)C(=O)NCc1ccccc1)NO. The van der Waals surface area contributed by atoms with Crippen LogP contribution in [-0.4, -0.2) is 39.1 Å². The van der Waals surface area contributed by atoms with Crippen LogP contribution in [0.2, 0.25) is 0 Å².